The van der Waals surface area contributed by atoms with E-state index in [9.17, 15) is 59.4 Å². The Morgan fingerprint density at radius 2 is 0.795 bits per heavy atom. The average molecular weight is 532 g/mol. The van der Waals surface area contributed by atoms with Gasteiger partial charge in [0.2, 0.25) is 0 Å². The Hall–Kier alpha value is -5.78. The number of hydrogen-bond acceptors (Lipinski definition) is 6. The molecule has 0 heterocycles. The van der Waals surface area contributed by atoms with E-state index in [4.69, 9.17) is 0 Å². The molecule has 0 saturated heterocycles. The van der Waals surface area contributed by atoms with Crippen LogP contribution in [0.25, 0.3) is 22.3 Å². The van der Waals surface area contributed by atoms with E-state index < -0.39 is 70.1 Å². The normalized spacial score (nSPS) is 13.5. The van der Waals surface area contributed by atoms with Crippen LogP contribution >= 0.6 is 0 Å². The highest BCUT2D eigenvalue weighted by atomic mass is 16.4. The highest BCUT2D eigenvalue weighted by Gasteiger charge is 2.42. The van der Waals surface area contributed by atoms with E-state index in [2.05, 4.69) is 0 Å². The molecule has 2 aromatic carbocycles. The van der Waals surface area contributed by atoms with Crippen LogP contribution in [0.5, 0.6) is 0 Å². The molecule has 0 atom stereocenters. The molecule has 196 valence electrons. The summed E-state index contributed by atoms with van der Waals surface area (Å²) in [6.07, 6.45) is -0.511. The second-order valence-electron chi connectivity index (χ2n) is 8.31. The summed E-state index contributed by atoms with van der Waals surface area (Å²) >= 11 is 0. The fourth-order valence-corrected chi connectivity index (χ4v) is 4.92. The molecule has 0 amide bonds. The topological polar surface area (TPSA) is 224 Å². The van der Waals surface area contributed by atoms with Crippen LogP contribution in [0, 0.1) is 0 Å². The number of rotatable bonds is 6. The first kappa shape index (κ1) is 26.3. The largest absolute Gasteiger partial charge is 0.477 e. The number of benzene rings is 2. The number of carboxylic acid groups (broad SMARTS) is 6. The molecule has 39 heavy (non-hydrogen) atoms. The Balaban J connectivity index is 2.34. The van der Waals surface area contributed by atoms with Gasteiger partial charge in [-0.05, 0) is 39.0 Å². The highest BCUT2D eigenvalue weighted by Crippen LogP contribution is 2.55. The minimum atomic E-state index is -1.90. The summed E-state index contributed by atoms with van der Waals surface area (Å²) in [6, 6.07) is 11.2. The third-order valence-electron chi connectivity index (χ3n) is 6.28. The SMILES string of the molecule is O=C(O)C(C(=O)O)=C1CC(=C2C(=C(C(=O)O)C(=O)O)c3ccccc3C2=C(C(=O)O)C(=O)O)c2ccccc21. The van der Waals surface area contributed by atoms with Crippen molar-refractivity contribution < 1.29 is 59.4 Å². The van der Waals surface area contributed by atoms with Crippen LogP contribution in [-0.2, 0) is 28.8 Å². The van der Waals surface area contributed by atoms with Crippen LogP contribution in [0.4, 0.5) is 0 Å². The third kappa shape index (κ3) is 4.15. The summed E-state index contributed by atoms with van der Waals surface area (Å²) in [7, 11) is 0. The fraction of sp³-hybridized carbons (Fsp3) is 0.0370. The van der Waals surface area contributed by atoms with E-state index in [1.807, 2.05) is 0 Å². The smallest absolute Gasteiger partial charge is 0.343 e. The van der Waals surface area contributed by atoms with Crippen LogP contribution in [0.2, 0.25) is 0 Å². The summed E-state index contributed by atoms with van der Waals surface area (Å²) in [5, 5.41) is 58.6. The highest BCUT2D eigenvalue weighted by molar-refractivity contribution is 6.33. The van der Waals surface area contributed by atoms with Crippen LogP contribution in [0.3, 0.4) is 0 Å². The molecule has 2 aliphatic carbocycles. The Morgan fingerprint density at radius 1 is 0.462 bits per heavy atom. The summed E-state index contributed by atoms with van der Waals surface area (Å²) in [6.45, 7) is 0. The van der Waals surface area contributed by atoms with E-state index >= 15 is 0 Å². The monoisotopic (exact) mass is 532 g/mol. The van der Waals surface area contributed by atoms with Gasteiger partial charge in [0.15, 0.2) is 11.1 Å². The van der Waals surface area contributed by atoms with Gasteiger partial charge in [-0.3, -0.25) is 0 Å². The van der Waals surface area contributed by atoms with Crippen molar-refractivity contribution in [2.24, 2.45) is 0 Å². The predicted molar refractivity (Wildman–Crippen MR) is 131 cm³/mol. The number of carbonyl (C=O) groups is 6. The van der Waals surface area contributed by atoms with Crippen molar-refractivity contribution in [3.05, 3.63) is 93.1 Å². The molecule has 0 fully saturated rings. The zero-order valence-corrected chi connectivity index (χ0v) is 19.5. The molecular formula is C27H16O12. The van der Waals surface area contributed by atoms with Crippen molar-refractivity contribution in [1.29, 1.82) is 0 Å². The quantitative estimate of drug-likeness (QED) is 0.179. The van der Waals surface area contributed by atoms with Crippen LogP contribution in [-0.4, -0.2) is 66.5 Å². The minimum Gasteiger partial charge on any atom is -0.477 e. The average Bonchev–Trinajstić information content (AvgIpc) is 3.35. The van der Waals surface area contributed by atoms with Gasteiger partial charge < -0.3 is 30.6 Å². The van der Waals surface area contributed by atoms with Gasteiger partial charge in [0.05, 0.1) is 0 Å². The molecule has 0 aliphatic heterocycles. The number of hydrogen-bond donors (Lipinski definition) is 6. The van der Waals surface area contributed by atoms with Crippen molar-refractivity contribution >= 4 is 58.1 Å². The third-order valence-corrected chi connectivity index (χ3v) is 6.28. The maximum Gasteiger partial charge on any atom is 0.343 e. The van der Waals surface area contributed by atoms with Gasteiger partial charge >= 0.3 is 35.8 Å². The Kier molecular flexibility index (Phi) is 6.47. The van der Waals surface area contributed by atoms with Crippen LogP contribution in [0.15, 0.2) is 70.8 Å². The van der Waals surface area contributed by atoms with Gasteiger partial charge in [-0.15, -0.1) is 0 Å². The van der Waals surface area contributed by atoms with Crippen molar-refractivity contribution in [3.63, 3.8) is 0 Å². The van der Waals surface area contributed by atoms with Crippen molar-refractivity contribution in [2.45, 2.75) is 6.42 Å². The molecule has 2 aliphatic rings. The molecule has 4 rings (SSSR count). The van der Waals surface area contributed by atoms with E-state index in [1.165, 1.54) is 48.5 Å². The van der Waals surface area contributed by atoms with Gasteiger partial charge in [-0.1, -0.05) is 48.5 Å². The minimum absolute atomic E-state index is 0.0400. The zero-order chi connectivity index (χ0) is 28.8. The van der Waals surface area contributed by atoms with E-state index in [0.29, 0.717) is 0 Å². The molecule has 6 N–H and O–H groups in total. The van der Waals surface area contributed by atoms with Crippen LogP contribution in [0.1, 0.15) is 28.7 Å². The summed E-state index contributed by atoms with van der Waals surface area (Å²) in [4.78, 5) is 72.4. The Bertz CT molecular complexity index is 1560. The van der Waals surface area contributed by atoms with Gasteiger partial charge in [0.1, 0.15) is 5.57 Å². The maximum absolute atomic E-state index is 12.2. The lowest BCUT2D eigenvalue weighted by atomic mass is 9.88. The van der Waals surface area contributed by atoms with Gasteiger partial charge in [0, 0.05) is 17.6 Å². The molecule has 0 spiro atoms. The number of carboxylic acids is 6. The second kappa shape index (κ2) is 9.59. The molecular weight excluding hydrogens is 516 g/mol. The van der Waals surface area contributed by atoms with Gasteiger partial charge in [-0.25, -0.2) is 28.8 Å². The molecule has 0 bridgehead atoms. The van der Waals surface area contributed by atoms with Crippen molar-refractivity contribution in [1.82, 2.24) is 0 Å². The summed E-state index contributed by atoms with van der Waals surface area (Å²) in [5.74, 6) is -11.2. The van der Waals surface area contributed by atoms with E-state index in [-0.39, 0.29) is 39.0 Å². The lowest BCUT2D eigenvalue weighted by molar-refractivity contribution is -0.142. The van der Waals surface area contributed by atoms with Gasteiger partial charge in [-0.2, -0.15) is 0 Å². The van der Waals surface area contributed by atoms with Crippen LogP contribution < -0.4 is 0 Å². The standard InChI is InChI=1S/C27H16O12/c28-22(29)19(23(30)31)15-9-14(10-5-1-2-6-11(10)15)18-16(20(24(32)33)25(34)35)12-7-3-4-8-13(12)17(18)21(26(36)37)27(38)39/h1-8H,9H2,(H,28,29)(H,30,31)(H,32,33)(H,34,35)(H,36,37)(H,38,39). The van der Waals surface area contributed by atoms with Crippen molar-refractivity contribution in [3.8, 4) is 0 Å². The Morgan fingerprint density at radius 3 is 1.15 bits per heavy atom. The molecule has 0 aromatic heterocycles. The maximum atomic E-state index is 12.2. The second-order valence-corrected chi connectivity index (χ2v) is 8.31. The predicted octanol–water partition coefficient (Wildman–Crippen LogP) is 2.33. The number of allylic oxidation sites excluding steroid dienone is 5. The lowest BCUT2D eigenvalue weighted by Gasteiger charge is -2.14. The zero-order valence-electron chi connectivity index (χ0n) is 19.5. The first-order valence-corrected chi connectivity index (χ1v) is 10.9. The molecule has 12 nitrogen and oxygen atoms in total. The molecule has 0 unspecified atom stereocenters. The fourth-order valence-electron chi connectivity index (χ4n) is 4.92. The van der Waals surface area contributed by atoms with E-state index in [0.717, 1.165) is 0 Å². The molecule has 0 radical (unpaired) electrons. The molecule has 2 aromatic rings. The molecule has 0 saturated carbocycles. The first-order chi connectivity index (χ1) is 18.4. The summed E-state index contributed by atoms with van der Waals surface area (Å²) < 4.78 is 0. The number of fused-ring (bicyclic) bond motifs is 2. The van der Waals surface area contributed by atoms with Crippen molar-refractivity contribution in [2.75, 3.05) is 0 Å². The summed E-state index contributed by atoms with van der Waals surface area (Å²) in [5.41, 5.74) is -4.95. The van der Waals surface area contributed by atoms with Gasteiger partial charge in [0.25, 0.3) is 0 Å². The Labute approximate surface area is 217 Å². The molecule has 12 heteroatoms. The lowest BCUT2D eigenvalue weighted by Crippen LogP contribution is -2.16. The first-order valence-electron chi connectivity index (χ1n) is 10.9. The number of aliphatic carboxylic acids is 6. The van der Waals surface area contributed by atoms with E-state index in [1.54, 1.807) is 0 Å².